The number of hydrogen-bond acceptors (Lipinski definition) is 1. The van der Waals surface area contributed by atoms with Crippen molar-refractivity contribution in [2.45, 2.75) is 13.5 Å². The largest absolute Gasteiger partial charge is 0.370 e. The Morgan fingerprint density at radius 2 is 1.88 bits per heavy atom. The molecule has 2 aromatic rings. The van der Waals surface area contributed by atoms with Crippen molar-refractivity contribution in [3.63, 3.8) is 0 Å². The highest BCUT2D eigenvalue weighted by molar-refractivity contribution is 5.47. The summed E-state index contributed by atoms with van der Waals surface area (Å²) in [7, 11) is 2.10. The summed E-state index contributed by atoms with van der Waals surface area (Å²) in [5.74, 6) is 0. The molecule has 0 saturated carbocycles. The second-order valence-corrected chi connectivity index (χ2v) is 4.09. The van der Waals surface area contributed by atoms with Gasteiger partial charge in [0, 0.05) is 25.3 Å². The predicted molar refractivity (Wildman–Crippen MR) is 68.6 cm³/mol. The van der Waals surface area contributed by atoms with Gasteiger partial charge in [-0.15, -0.1) is 0 Å². The number of rotatable bonds is 3. The van der Waals surface area contributed by atoms with Crippen LogP contribution < -0.4 is 4.90 Å². The maximum absolute atomic E-state index is 3.26. The third kappa shape index (κ3) is 2.63. The molecule has 0 atom stereocenters. The lowest BCUT2D eigenvalue weighted by atomic mass is 10.2. The summed E-state index contributed by atoms with van der Waals surface area (Å²) >= 11 is 0. The van der Waals surface area contributed by atoms with E-state index in [2.05, 4.69) is 61.3 Å². The summed E-state index contributed by atoms with van der Waals surface area (Å²) < 4.78 is 0. The van der Waals surface area contributed by atoms with E-state index < -0.39 is 0 Å². The number of nitrogens with zero attached hydrogens (tertiary/aromatic N) is 1. The first-order valence-electron chi connectivity index (χ1n) is 5.49. The van der Waals surface area contributed by atoms with Gasteiger partial charge in [0.2, 0.25) is 0 Å². The molecule has 0 spiro atoms. The molecule has 1 nitrogen and oxygen atoms in total. The minimum atomic E-state index is 0.917. The highest BCUT2D eigenvalue weighted by Gasteiger charge is 2.01. The SMILES string of the molecule is Cc1cc[c]c(N(C)Cc2ccccc2)c1. The van der Waals surface area contributed by atoms with Crippen LogP contribution in [0, 0.1) is 13.0 Å². The van der Waals surface area contributed by atoms with E-state index in [1.807, 2.05) is 12.1 Å². The van der Waals surface area contributed by atoms with E-state index in [-0.39, 0.29) is 0 Å². The fourth-order valence-electron chi connectivity index (χ4n) is 1.73. The van der Waals surface area contributed by atoms with Crippen molar-refractivity contribution in [2.75, 3.05) is 11.9 Å². The smallest absolute Gasteiger partial charge is 0.0449 e. The van der Waals surface area contributed by atoms with E-state index in [9.17, 15) is 0 Å². The van der Waals surface area contributed by atoms with Gasteiger partial charge in [-0.25, -0.2) is 0 Å². The molecule has 81 valence electrons. The van der Waals surface area contributed by atoms with Crippen molar-refractivity contribution in [3.8, 4) is 0 Å². The average Bonchev–Trinajstić information content (AvgIpc) is 2.30. The molecule has 1 radical (unpaired) electrons. The van der Waals surface area contributed by atoms with Crippen LogP contribution in [0.3, 0.4) is 0 Å². The van der Waals surface area contributed by atoms with Crippen LogP contribution in [0.5, 0.6) is 0 Å². The standard InChI is InChI=1S/C15H16N/c1-13-7-6-10-15(11-13)16(2)12-14-8-4-3-5-9-14/h3-9,11H,12H2,1-2H3. The van der Waals surface area contributed by atoms with Gasteiger partial charge in [-0.2, -0.15) is 0 Å². The van der Waals surface area contributed by atoms with Gasteiger partial charge in [-0.3, -0.25) is 0 Å². The fraction of sp³-hybridized carbons (Fsp3) is 0.200. The zero-order valence-electron chi connectivity index (χ0n) is 9.77. The minimum absolute atomic E-state index is 0.917. The van der Waals surface area contributed by atoms with Gasteiger partial charge < -0.3 is 4.90 Å². The van der Waals surface area contributed by atoms with Gasteiger partial charge in [-0.1, -0.05) is 42.5 Å². The maximum Gasteiger partial charge on any atom is 0.0449 e. The molecule has 0 amide bonds. The topological polar surface area (TPSA) is 3.24 Å². The molecule has 16 heavy (non-hydrogen) atoms. The van der Waals surface area contributed by atoms with E-state index >= 15 is 0 Å². The Hall–Kier alpha value is -1.76. The zero-order valence-corrected chi connectivity index (χ0v) is 9.77. The summed E-state index contributed by atoms with van der Waals surface area (Å²) in [5.41, 5.74) is 3.73. The third-order valence-corrected chi connectivity index (χ3v) is 2.62. The van der Waals surface area contributed by atoms with E-state index in [0.29, 0.717) is 0 Å². The molecule has 0 unspecified atom stereocenters. The van der Waals surface area contributed by atoms with Crippen molar-refractivity contribution in [1.82, 2.24) is 0 Å². The molecule has 2 aromatic carbocycles. The number of anilines is 1. The van der Waals surface area contributed by atoms with E-state index in [1.54, 1.807) is 0 Å². The lowest BCUT2D eigenvalue weighted by Crippen LogP contribution is -2.16. The van der Waals surface area contributed by atoms with Crippen LogP contribution in [0.1, 0.15) is 11.1 Å². The van der Waals surface area contributed by atoms with Crippen LogP contribution in [-0.2, 0) is 6.54 Å². The molecular formula is C15H16N. The van der Waals surface area contributed by atoms with Crippen molar-refractivity contribution < 1.29 is 0 Å². The predicted octanol–water partition coefficient (Wildman–Crippen LogP) is 3.43. The van der Waals surface area contributed by atoms with Gasteiger partial charge in [0.15, 0.2) is 0 Å². The molecule has 0 saturated heterocycles. The lowest BCUT2D eigenvalue weighted by molar-refractivity contribution is 0.921. The Bertz CT molecular complexity index is 448. The second-order valence-electron chi connectivity index (χ2n) is 4.09. The lowest BCUT2D eigenvalue weighted by Gasteiger charge is -2.19. The van der Waals surface area contributed by atoms with Gasteiger partial charge in [0.05, 0.1) is 0 Å². The Labute approximate surface area is 97.3 Å². The van der Waals surface area contributed by atoms with Crippen LogP contribution in [0.15, 0.2) is 48.5 Å². The molecule has 0 aliphatic rings. The highest BCUT2D eigenvalue weighted by Crippen LogP contribution is 2.15. The first-order valence-corrected chi connectivity index (χ1v) is 5.49. The second kappa shape index (κ2) is 4.84. The Kier molecular flexibility index (Phi) is 3.25. The molecule has 2 rings (SSSR count). The monoisotopic (exact) mass is 210 g/mol. The molecule has 0 aromatic heterocycles. The molecule has 0 heterocycles. The van der Waals surface area contributed by atoms with Gasteiger partial charge in [0.25, 0.3) is 0 Å². The Balaban J connectivity index is 2.12. The van der Waals surface area contributed by atoms with Crippen molar-refractivity contribution >= 4 is 5.69 Å². The normalized spacial score (nSPS) is 10.1. The van der Waals surface area contributed by atoms with E-state index in [1.165, 1.54) is 11.1 Å². The van der Waals surface area contributed by atoms with Crippen LogP contribution >= 0.6 is 0 Å². The van der Waals surface area contributed by atoms with Gasteiger partial charge in [-0.05, 0) is 24.1 Å². The van der Waals surface area contributed by atoms with Gasteiger partial charge in [0.1, 0.15) is 0 Å². The molecule has 0 N–H and O–H groups in total. The summed E-state index contributed by atoms with van der Waals surface area (Å²) in [6.07, 6.45) is 0. The van der Waals surface area contributed by atoms with Crippen LogP contribution in [0.2, 0.25) is 0 Å². The molecule has 0 fully saturated rings. The quantitative estimate of drug-likeness (QED) is 0.750. The summed E-state index contributed by atoms with van der Waals surface area (Å²) in [5, 5.41) is 0. The molecular weight excluding hydrogens is 194 g/mol. The van der Waals surface area contributed by atoms with Crippen molar-refractivity contribution in [3.05, 3.63) is 65.7 Å². The number of benzene rings is 2. The zero-order chi connectivity index (χ0) is 11.4. The number of hydrogen-bond donors (Lipinski definition) is 0. The van der Waals surface area contributed by atoms with Gasteiger partial charge >= 0.3 is 0 Å². The molecule has 1 heteroatoms. The van der Waals surface area contributed by atoms with Crippen LogP contribution in [-0.4, -0.2) is 7.05 Å². The third-order valence-electron chi connectivity index (χ3n) is 2.62. The van der Waals surface area contributed by atoms with E-state index in [0.717, 1.165) is 12.2 Å². The Morgan fingerprint density at radius 3 is 2.56 bits per heavy atom. The van der Waals surface area contributed by atoms with Crippen molar-refractivity contribution in [1.29, 1.82) is 0 Å². The highest BCUT2D eigenvalue weighted by atomic mass is 15.1. The van der Waals surface area contributed by atoms with Crippen molar-refractivity contribution in [2.24, 2.45) is 0 Å². The fourth-order valence-corrected chi connectivity index (χ4v) is 1.73. The van der Waals surface area contributed by atoms with Crippen LogP contribution in [0.4, 0.5) is 5.69 Å². The summed E-state index contributed by atoms with van der Waals surface area (Å²) in [4.78, 5) is 2.21. The molecule has 0 aliphatic carbocycles. The Morgan fingerprint density at radius 1 is 1.12 bits per heavy atom. The molecule has 0 aliphatic heterocycles. The average molecular weight is 210 g/mol. The maximum atomic E-state index is 3.26. The molecule has 0 bridgehead atoms. The number of aryl methyl sites for hydroxylation is 1. The minimum Gasteiger partial charge on any atom is -0.370 e. The summed E-state index contributed by atoms with van der Waals surface area (Å²) in [6.45, 7) is 3.02. The first kappa shape index (κ1) is 10.7. The van der Waals surface area contributed by atoms with E-state index in [4.69, 9.17) is 0 Å². The first-order chi connectivity index (χ1) is 7.75. The summed E-state index contributed by atoms with van der Waals surface area (Å²) in [6, 6.07) is 19.9. The van der Waals surface area contributed by atoms with Crippen LogP contribution in [0.25, 0.3) is 0 Å².